The van der Waals surface area contributed by atoms with Crippen LogP contribution in [0.3, 0.4) is 0 Å². The van der Waals surface area contributed by atoms with E-state index in [1.54, 1.807) is 13.3 Å². The van der Waals surface area contributed by atoms with Crippen molar-refractivity contribution in [2.75, 3.05) is 33.9 Å². The van der Waals surface area contributed by atoms with Crippen molar-refractivity contribution in [2.45, 2.75) is 58.0 Å². The zero-order chi connectivity index (χ0) is 38.3. The molecule has 0 aliphatic heterocycles. The molecule has 0 radical (unpaired) electrons. The number of rotatable bonds is 17. The number of nitrogens with two attached hydrogens (primary N) is 2. The van der Waals surface area contributed by atoms with Crippen LogP contribution in [-0.4, -0.2) is 90.8 Å². The first kappa shape index (κ1) is 45.6. The van der Waals surface area contributed by atoms with E-state index in [1.807, 2.05) is 13.1 Å². The van der Waals surface area contributed by atoms with Crippen LogP contribution in [0.15, 0.2) is 60.9 Å². The van der Waals surface area contributed by atoms with Crippen molar-refractivity contribution >= 4 is 25.7 Å². The summed E-state index contributed by atoms with van der Waals surface area (Å²) >= 11 is 0. The van der Waals surface area contributed by atoms with Crippen LogP contribution in [0.2, 0.25) is 0 Å². The molecule has 0 saturated carbocycles. The van der Waals surface area contributed by atoms with Gasteiger partial charge in [-0.2, -0.15) is 0 Å². The van der Waals surface area contributed by atoms with Crippen LogP contribution in [0.1, 0.15) is 57.1 Å². The summed E-state index contributed by atoms with van der Waals surface area (Å²) in [7, 11) is 3.19. The number of nitrogens with zero attached hydrogens (tertiary/aromatic N) is 2. The summed E-state index contributed by atoms with van der Waals surface area (Å²) in [6.07, 6.45) is 8.10. The Morgan fingerprint density at radius 2 is 1.35 bits per heavy atom. The lowest BCUT2D eigenvalue weighted by Gasteiger charge is -2.15. The monoisotopic (exact) mass is 712 g/mol. The second kappa shape index (κ2) is 29.5. The number of carbonyl (C=O) groups excluding carboxylic acids is 3. The van der Waals surface area contributed by atoms with E-state index in [0.717, 1.165) is 83.9 Å². The number of hydrogen-bond acceptors (Lipinski definition) is 8. The van der Waals surface area contributed by atoms with Gasteiger partial charge in [0, 0.05) is 32.5 Å². The van der Waals surface area contributed by atoms with E-state index in [1.165, 1.54) is 7.05 Å². The number of imidazole rings is 2. The number of carbonyl (C=O) groups is 4. The van der Waals surface area contributed by atoms with Crippen LogP contribution in [-0.2, 0) is 30.3 Å². The Morgan fingerprint density at radius 1 is 0.863 bits per heavy atom. The molecular formula is C36H53FN8O6. The molecule has 4 aromatic rings. The second-order valence-corrected chi connectivity index (χ2v) is 10.5. The summed E-state index contributed by atoms with van der Waals surface area (Å²) in [5, 5.41) is 11.9. The first-order valence-electron chi connectivity index (χ1n) is 16.4. The fraction of sp³-hybridized carbons (Fsp3) is 0.389. The minimum absolute atomic E-state index is 0.0212. The summed E-state index contributed by atoms with van der Waals surface area (Å²) in [5.74, 6) is 1.65. The number of benzene rings is 2. The van der Waals surface area contributed by atoms with Crippen molar-refractivity contribution in [3.05, 3.63) is 72.6 Å². The minimum Gasteiger partial charge on any atom is -0.483 e. The third-order valence-electron chi connectivity index (χ3n) is 7.09. The van der Waals surface area contributed by atoms with Gasteiger partial charge in [0.25, 0.3) is 6.47 Å². The van der Waals surface area contributed by atoms with Crippen molar-refractivity contribution < 1.29 is 33.4 Å². The zero-order valence-corrected chi connectivity index (χ0v) is 29.8. The van der Waals surface area contributed by atoms with Crippen LogP contribution in [0.25, 0.3) is 33.6 Å². The number of H-pyrrole nitrogens is 2. The van der Waals surface area contributed by atoms with Gasteiger partial charge in [-0.25, -0.2) is 14.4 Å². The number of unbranched alkanes of at least 4 members (excludes halogenated alkanes) is 1. The molecule has 0 fully saturated rings. The SMILES string of the molecule is CCC(CC(F)CNC=O)c1ncc(-c2ccc(-c3ccc(-c4cnc(CCOC)[nH]4)cc3)cc2)[nH]1.CCCCNC=O.CN.NC=O.O=CO. The van der Waals surface area contributed by atoms with Gasteiger partial charge < -0.3 is 41.9 Å². The highest BCUT2D eigenvalue weighted by atomic mass is 19.1. The maximum absolute atomic E-state index is 14.1. The maximum atomic E-state index is 14.1. The van der Waals surface area contributed by atoms with Crippen molar-refractivity contribution in [2.24, 2.45) is 11.5 Å². The minimum atomic E-state index is -1.11. The summed E-state index contributed by atoms with van der Waals surface area (Å²) in [6.45, 7) is 5.33. The van der Waals surface area contributed by atoms with Gasteiger partial charge in [-0.05, 0) is 48.6 Å². The number of ether oxygens (including phenoxy) is 1. The molecule has 0 bridgehead atoms. The van der Waals surface area contributed by atoms with Gasteiger partial charge in [-0.15, -0.1) is 0 Å². The van der Waals surface area contributed by atoms with Gasteiger partial charge in [0.15, 0.2) is 0 Å². The Hall–Kier alpha value is -5.41. The quantitative estimate of drug-likeness (QED) is 0.0613. The second-order valence-electron chi connectivity index (χ2n) is 10.5. The van der Waals surface area contributed by atoms with Crippen LogP contribution in [0.5, 0.6) is 0 Å². The molecule has 0 spiro atoms. The van der Waals surface area contributed by atoms with Crippen LogP contribution < -0.4 is 22.1 Å². The third-order valence-corrected chi connectivity index (χ3v) is 7.09. The molecule has 0 aliphatic rings. The molecule has 3 amide bonds. The summed E-state index contributed by atoms with van der Waals surface area (Å²) in [5.41, 5.74) is 14.9. The predicted molar refractivity (Wildman–Crippen MR) is 197 cm³/mol. The molecule has 280 valence electrons. The zero-order valence-electron chi connectivity index (χ0n) is 29.8. The highest BCUT2D eigenvalue weighted by molar-refractivity contribution is 5.71. The number of nitrogens with one attached hydrogen (secondary N) is 4. The summed E-state index contributed by atoms with van der Waals surface area (Å²) in [6, 6.07) is 16.7. The molecule has 0 saturated heterocycles. The van der Waals surface area contributed by atoms with Crippen LogP contribution >= 0.6 is 0 Å². The molecule has 2 aromatic carbocycles. The molecule has 14 nitrogen and oxygen atoms in total. The van der Waals surface area contributed by atoms with E-state index < -0.39 is 6.17 Å². The predicted octanol–water partition coefficient (Wildman–Crippen LogP) is 4.20. The van der Waals surface area contributed by atoms with Crippen LogP contribution in [0.4, 0.5) is 4.39 Å². The lowest BCUT2D eigenvalue weighted by molar-refractivity contribution is -0.123. The molecule has 4 rings (SSSR count). The normalized spacial score (nSPS) is 10.8. The van der Waals surface area contributed by atoms with E-state index in [2.05, 4.69) is 97.5 Å². The number of methoxy groups -OCH3 is 1. The average Bonchev–Trinajstić information content (AvgIpc) is 3.85. The Morgan fingerprint density at radius 3 is 1.82 bits per heavy atom. The molecule has 15 heteroatoms. The Labute approximate surface area is 299 Å². The number of alkyl halides is 1. The maximum Gasteiger partial charge on any atom is 0.290 e. The van der Waals surface area contributed by atoms with Gasteiger partial charge in [0.1, 0.15) is 17.8 Å². The van der Waals surface area contributed by atoms with E-state index in [-0.39, 0.29) is 25.3 Å². The summed E-state index contributed by atoms with van der Waals surface area (Å²) in [4.78, 5) is 52.5. The Bertz CT molecular complexity index is 1460. The van der Waals surface area contributed by atoms with Gasteiger partial charge in [0.2, 0.25) is 19.2 Å². The largest absolute Gasteiger partial charge is 0.483 e. The number of hydrogen-bond donors (Lipinski definition) is 7. The molecular weight excluding hydrogens is 659 g/mol. The highest BCUT2D eigenvalue weighted by Gasteiger charge is 2.19. The van der Waals surface area contributed by atoms with Crippen LogP contribution in [0, 0.1) is 0 Å². The van der Waals surface area contributed by atoms with Gasteiger partial charge in [-0.1, -0.05) is 68.8 Å². The molecule has 2 unspecified atom stereocenters. The number of aromatic nitrogens is 4. The Balaban J connectivity index is 0.00000142. The average molecular weight is 713 g/mol. The highest BCUT2D eigenvalue weighted by Crippen LogP contribution is 2.29. The Kier molecular flexibility index (Phi) is 26.4. The van der Waals surface area contributed by atoms with Gasteiger partial charge >= 0.3 is 0 Å². The van der Waals surface area contributed by atoms with Gasteiger partial charge in [-0.3, -0.25) is 19.2 Å². The third kappa shape index (κ3) is 18.2. The first-order chi connectivity index (χ1) is 24.8. The van der Waals surface area contributed by atoms with Gasteiger partial charge in [0.05, 0.1) is 30.4 Å². The number of aromatic amines is 2. The van der Waals surface area contributed by atoms with E-state index in [4.69, 9.17) is 19.4 Å². The summed E-state index contributed by atoms with van der Waals surface area (Å²) < 4.78 is 19.3. The van der Waals surface area contributed by atoms with Crippen molar-refractivity contribution in [1.82, 2.24) is 30.6 Å². The van der Waals surface area contributed by atoms with E-state index >= 15 is 0 Å². The number of primary amides is 1. The smallest absolute Gasteiger partial charge is 0.290 e. The van der Waals surface area contributed by atoms with Crippen molar-refractivity contribution in [3.8, 4) is 33.6 Å². The van der Waals surface area contributed by atoms with Crippen molar-refractivity contribution in [3.63, 3.8) is 0 Å². The fourth-order valence-corrected chi connectivity index (χ4v) is 4.59. The molecule has 2 heterocycles. The number of amides is 3. The standard InChI is InChI=1S/C28H32FN5O2.C5H11NO.CH3NO.CH5N.CH2O2/c1-3-19(14-24(29)15-30-18-35)28-32-17-26(34-28)23-10-6-21(7-11-23)20-4-8-22(9-5-20)25-16-31-27(33-25)12-13-36-2;1-2-3-4-6-5-7;2-1-3;1-2;2-1-3/h4-11,16-19,24H,3,12-15H2,1-2H3,(H,30,35)(H,31,33)(H,32,34);5H,2-4H2,1H3,(H,6,7);1H,(H2,2,3);2H2,1H3;1H,(H,2,3). The lowest BCUT2D eigenvalue weighted by atomic mass is 9.98. The van der Waals surface area contributed by atoms with E-state index in [0.29, 0.717) is 19.4 Å². The van der Waals surface area contributed by atoms with E-state index in [9.17, 15) is 14.0 Å². The van der Waals surface area contributed by atoms with Crippen molar-refractivity contribution in [1.29, 1.82) is 0 Å². The topological polar surface area (TPSA) is 231 Å². The molecule has 9 N–H and O–H groups in total. The lowest BCUT2D eigenvalue weighted by Crippen LogP contribution is -2.24. The number of halogens is 1. The first-order valence-corrected chi connectivity index (χ1v) is 16.4. The molecule has 0 aliphatic carbocycles. The molecule has 2 aromatic heterocycles. The molecule has 51 heavy (non-hydrogen) atoms. The molecule has 2 atom stereocenters. The fourth-order valence-electron chi connectivity index (χ4n) is 4.59. The number of carboxylic acid groups (broad SMARTS) is 1.